The number of hydrogen-bond acceptors (Lipinski definition) is 5. The van der Waals surface area contributed by atoms with Crippen LogP contribution in [0.4, 0.5) is 15.3 Å². The molecule has 0 aromatic heterocycles. The molecular formula is C16H13FN2O5S. The first-order valence-corrected chi connectivity index (χ1v) is 8.34. The van der Waals surface area contributed by atoms with Crippen LogP contribution >= 0.6 is 0 Å². The highest BCUT2D eigenvalue weighted by Gasteiger charge is 2.16. The summed E-state index contributed by atoms with van der Waals surface area (Å²) in [4.78, 5) is 21.4. The summed E-state index contributed by atoms with van der Waals surface area (Å²) in [7, 11) is -4.88. The lowest BCUT2D eigenvalue weighted by molar-refractivity contribution is -0.384. The molecule has 0 heterocycles. The summed E-state index contributed by atoms with van der Waals surface area (Å²) >= 11 is 0. The Morgan fingerprint density at radius 3 is 2.40 bits per heavy atom. The second-order valence-electron chi connectivity index (χ2n) is 5.09. The van der Waals surface area contributed by atoms with E-state index in [1.165, 1.54) is 55.5 Å². The van der Waals surface area contributed by atoms with Gasteiger partial charge < -0.3 is 5.32 Å². The van der Waals surface area contributed by atoms with Crippen molar-refractivity contribution < 1.29 is 22.0 Å². The average Bonchev–Trinajstić information content (AvgIpc) is 2.54. The molecular weight excluding hydrogens is 351 g/mol. The second-order valence-corrected chi connectivity index (χ2v) is 6.40. The van der Waals surface area contributed by atoms with Crippen molar-refractivity contribution in [2.24, 2.45) is 0 Å². The number of non-ortho nitro benzene ring substituents is 1. The number of hydrogen-bond donors (Lipinski definition) is 1. The van der Waals surface area contributed by atoms with Gasteiger partial charge in [-0.3, -0.25) is 14.9 Å². The van der Waals surface area contributed by atoms with Crippen LogP contribution in [-0.4, -0.2) is 19.2 Å². The van der Waals surface area contributed by atoms with Crippen molar-refractivity contribution in [2.45, 2.75) is 11.8 Å². The molecule has 0 radical (unpaired) electrons. The Balaban J connectivity index is 2.11. The van der Waals surface area contributed by atoms with Gasteiger partial charge in [0.15, 0.2) is 0 Å². The largest absolute Gasteiger partial charge is 0.332 e. The minimum absolute atomic E-state index is 0.0683. The molecule has 2 rings (SSSR count). The smallest absolute Gasteiger partial charge is 0.322 e. The van der Waals surface area contributed by atoms with E-state index in [-0.39, 0.29) is 16.9 Å². The number of aryl methyl sites for hydroxylation is 1. The predicted molar refractivity (Wildman–Crippen MR) is 90.2 cm³/mol. The SMILES string of the molecule is Cc1ccc(NC(=O)/C=C/c2ccc([N+](=O)[O-])cc2)cc1S(=O)(=O)F. The number of nitro benzene ring substituents is 1. The Hall–Kier alpha value is -3.07. The summed E-state index contributed by atoms with van der Waals surface area (Å²) in [5.41, 5.74) is 0.847. The molecule has 0 spiro atoms. The van der Waals surface area contributed by atoms with E-state index in [0.29, 0.717) is 5.56 Å². The lowest BCUT2D eigenvalue weighted by atomic mass is 10.2. The molecule has 0 aliphatic carbocycles. The van der Waals surface area contributed by atoms with Crippen LogP contribution in [0.2, 0.25) is 0 Å². The zero-order chi connectivity index (χ0) is 18.6. The molecule has 2 aromatic carbocycles. The second kappa shape index (κ2) is 7.22. The van der Waals surface area contributed by atoms with Gasteiger partial charge in [-0.15, -0.1) is 3.89 Å². The van der Waals surface area contributed by atoms with Gasteiger partial charge in [0, 0.05) is 23.9 Å². The maximum Gasteiger partial charge on any atom is 0.332 e. The van der Waals surface area contributed by atoms with Crippen molar-refractivity contribution in [2.75, 3.05) is 5.32 Å². The number of amides is 1. The van der Waals surface area contributed by atoms with Gasteiger partial charge in [0.25, 0.3) is 5.69 Å². The fourth-order valence-electron chi connectivity index (χ4n) is 2.00. The van der Waals surface area contributed by atoms with Crippen molar-refractivity contribution in [1.29, 1.82) is 0 Å². The fourth-order valence-corrected chi connectivity index (χ4v) is 2.72. The van der Waals surface area contributed by atoms with Crippen LogP contribution in [0.1, 0.15) is 11.1 Å². The topological polar surface area (TPSA) is 106 Å². The summed E-state index contributed by atoms with van der Waals surface area (Å²) < 4.78 is 35.2. The Labute approximate surface area is 143 Å². The van der Waals surface area contributed by atoms with Crippen LogP contribution in [0.15, 0.2) is 53.4 Å². The molecule has 9 heteroatoms. The van der Waals surface area contributed by atoms with E-state index in [1.807, 2.05) is 0 Å². The summed E-state index contributed by atoms with van der Waals surface area (Å²) in [5.74, 6) is -0.565. The maximum absolute atomic E-state index is 13.2. The monoisotopic (exact) mass is 364 g/mol. The molecule has 0 fully saturated rings. The third-order valence-corrected chi connectivity index (χ3v) is 4.21. The van der Waals surface area contributed by atoms with E-state index in [1.54, 1.807) is 0 Å². The highest BCUT2D eigenvalue weighted by Crippen LogP contribution is 2.22. The summed E-state index contributed by atoms with van der Waals surface area (Å²) in [5, 5.41) is 13.0. The fraction of sp³-hybridized carbons (Fsp3) is 0.0625. The van der Waals surface area contributed by atoms with Crippen LogP contribution in [0.25, 0.3) is 6.08 Å². The number of carbonyl (C=O) groups is 1. The van der Waals surface area contributed by atoms with Crippen LogP contribution in [-0.2, 0) is 15.0 Å². The Bertz CT molecular complexity index is 953. The third-order valence-electron chi connectivity index (χ3n) is 3.25. The Kier molecular flexibility index (Phi) is 5.28. The number of nitro groups is 1. The van der Waals surface area contributed by atoms with Crippen LogP contribution in [0, 0.1) is 17.0 Å². The number of rotatable bonds is 5. The highest BCUT2D eigenvalue weighted by atomic mass is 32.3. The number of benzene rings is 2. The molecule has 0 saturated heterocycles. The Morgan fingerprint density at radius 1 is 1.20 bits per heavy atom. The van der Waals surface area contributed by atoms with Gasteiger partial charge in [-0.25, -0.2) is 0 Å². The van der Waals surface area contributed by atoms with E-state index < -0.39 is 25.9 Å². The van der Waals surface area contributed by atoms with Gasteiger partial charge in [-0.05, 0) is 48.4 Å². The standard InChI is InChI=1S/C16H13FN2O5S/c1-11-2-6-13(10-15(11)25(17,23)24)18-16(20)9-5-12-3-7-14(8-4-12)19(21)22/h2-10H,1H3,(H,18,20)/b9-5+. The first-order chi connectivity index (χ1) is 11.7. The first kappa shape index (κ1) is 18.3. The van der Waals surface area contributed by atoms with Gasteiger partial charge in [-0.2, -0.15) is 8.42 Å². The molecule has 1 N–H and O–H groups in total. The maximum atomic E-state index is 13.2. The number of nitrogens with one attached hydrogen (secondary N) is 1. The van der Waals surface area contributed by atoms with Gasteiger partial charge in [0.2, 0.25) is 5.91 Å². The molecule has 0 bridgehead atoms. The Morgan fingerprint density at radius 2 is 1.84 bits per heavy atom. The third kappa shape index (κ3) is 4.95. The van der Waals surface area contributed by atoms with Crippen molar-refractivity contribution in [3.8, 4) is 0 Å². The highest BCUT2D eigenvalue weighted by molar-refractivity contribution is 7.86. The number of halogens is 1. The van der Waals surface area contributed by atoms with Gasteiger partial charge in [-0.1, -0.05) is 6.07 Å². The molecule has 0 aliphatic heterocycles. The first-order valence-electron chi connectivity index (χ1n) is 6.95. The number of nitrogens with zero attached hydrogens (tertiary/aromatic N) is 1. The molecule has 0 unspecified atom stereocenters. The lowest BCUT2D eigenvalue weighted by Crippen LogP contribution is -2.08. The van der Waals surface area contributed by atoms with Crippen LogP contribution in [0.5, 0.6) is 0 Å². The zero-order valence-corrected chi connectivity index (χ0v) is 13.8. The molecule has 0 atom stereocenters. The van der Waals surface area contributed by atoms with Gasteiger partial charge >= 0.3 is 10.2 Å². The molecule has 130 valence electrons. The van der Waals surface area contributed by atoms with Gasteiger partial charge in [0.1, 0.15) is 4.90 Å². The molecule has 7 nitrogen and oxygen atoms in total. The van der Waals surface area contributed by atoms with Crippen molar-refractivity contribution >= 4 is 33.6 Å². The molecule has 2 aromatic rings. The quantitative estimate of drug-likeness (QED) is 0.379. The number of carbonyl (C=O) groups excluding carboxylic acids is 1. The molecule has 0 aliphatic rings. The van der Waals surface area contributed by atoms with E-state index in [0.717, 1.165) is 6.07 Å². The van der Waals surface area contributed by atoms with Crippen molar-refractivity contribution in [3.05, 3.63) is 69.8 Å². The lowest BCUT2D eigenvalue weighted by Gasteiger charge is -2.06. The molecule has 1 amide bonds. The average molecular weight is 364 g/mol. The van der Waals surface area contributed by atoms with E-state index in [2.05, 4.69) is 5.32 Å². The van der Waals surface area contributed by atoms with E-state index in [9.17, 15) is 27.2 Å². The predicted octanol–water partition coefficient (Wildman–Crippen LogP) is 3.21. The molecule has 25 heavy (non-hydrogen) atoms. The van der Waals surface area contributed by atoms with Crippen molar-refractivity contribution in [3.63, 3.8) is 0 Å². The van der Waals surface area contributed by atoms with Crippen LogP contribution < -0.4 is 5.32 Å². The summed E-state index contributed by atoms with van der Waals surface area (Å²) in [6.45, 7) is 1.44. The zero-order valence-electron chi connectivity index (χ0n) is 13.0. The van der Waals surface area contributed by atoms with Crippen molar-refractivity contribution in [1.82, 2.24) is 0 Å². The van der Waals surface area contributed by atoms with E-state index in [4.69, 9.17) is 0 Å². The minimum Gasteiger partial charge on any atom is -0.322 e. The van der Waals surface area contributed by atoms with Crippen LogP contribution in [0.3, 0.4) is 0 Å². The molecule has 0 saturated carbocycles. The van der Waals surface area contributed by atoms with E-state index >= 15 is 0 Å². The summed E-state index contributed by atoms with van der Waals surface area (Å²) in [6.07, 6.45) is 2.60. The number of anilines is 1. The van der Waals surface area contributed by atoms with Gasteiger partial charge in [0.05, 0.1) is 4.92 Å². The minimum atomic E-state index is -4.88. The summed E-state index contributed by atoms with van der Waals surface area (Å²) in [6, 6.07) is 9.40. The normalized spacial score (nSPS) is 11.4.